The zero-order valence-electron chi connectivity index (χ0n) is 9.93. The number of nitrogens with zero attached hydrogens (tertiary/aromatic N) is 6. The summed E-state index contributed by atoms with van der Waals surface area (Å²) in [6.07, 6.45) is 8.89. The topological polar surface area (TPSA) is 72.9 Å². The van der Waals surface area contributed by atoms with E-state index in [1.54, 1.807) is 18.7 Å². The average Bonchev–Trinajstić information content (AvgIpc) is 2.99. The lowest BCUT2D eigenvalue weighted by molar-refractivity contribution is 0.560. The minimum Gasteiger partial charge on any atom is -0.363 e. The molecule has 0 radical (unpaired) electrons. The molecule has 3 aromatic heterocycles. The predicted octanol–water partition coefficient (Wildman–Crippen LogP) is 0.821. The van der Waals surface area contributed by atoms with Crippen molar-refractivity contribution < 1.29 is 0 Å². The molecule has 0 aromatic carbocycles. The average molecular weight is 243 g/mol. The van der Waals surface area contributed by atoms with Crippen LogP contribution in [0, 0.1) is 0 Å². The zero-order chi connectivity index (χ0) is 12.4. The molecule has 0 saturated carbocycles. The van der Waals surface area contributed by atoms with Crippen molar-refractivity contribution in [3.8, 4) is 0 Å². The molecule has 3 aromatic rings. The number of fused-ring (bicyclic) bond motifs is 1. The lowest BCUT2D eigenvalue weighted by Gasteiger charge is -2.14. The summed E-state index contributed by atoms with van der Waals surface area (Å²) in [5, 5.41) is 15.4. The van der Waals surface area contributed by atoms with Crippen LogP contribution in [0.3, 0.4) is 0 Å². The number of rotatable bonds is 4. The second-order valence-electron chi connectivity index (χ2n) is 4.11. The molecule has 7 heteroatoms. The minimum absolute atomic E-state index is 0.195. The van der Waals surface area contributed by atoms with Gasteiger partial charge >= 0.3 is 0 Å². The van der Waals surface area contributed by atoms with Crippen molar-refractivity contribution in [1.82, 2.24) is 29.4 Å². The summed E-state index contributed by atoms with van der Waals surface area (Å²) in [6, 6.07) is 2.10. The highest BCUT2D eigenvalue weighted by Crippen LogP contribution is 2.11. The summed E-state index contributed by atoms with van der Waals surface area (Å²) >= 11 is 0. The Labute approximate surface area is 103 Å². The van der Waals surface area contributed by atoms with E-state index in [1.807, 2.05) is 27.5 Å². The third-order valence-corrected chi connectivity index (χ3v) is 2.62. The molecule has 0 amide bonds. The molecule has 1 N–H and O–H groups in total. The van der Waals surface area contributed by atoms with E-state index in [0.717, 1.165) is 18.0 Å². The summed E-state index contributed by atoms with van der Waals surface area (Å²) < 4.78 is 3.71. The van der Waals surface area contributed by atoms with Gasteiger partial charge in [-0.25, -0.2) is 4.98 Å². The Morgan fingerprint density at radius 2 is 2.28 bits per heavy atom. The Balaban J connectivity index is 1.77. The molecule has 18 heavy (non-hydrogen) atoms. The van der Waals surface area contributed by atoms with Gasteiger partial charge < -0.3 is 5.32 Å². The molecule has 0 fully saturated rings. The lowest BCUT2D eigenvalue weighted by Crippen LogP contribution is -2.23. The normalized spacial score (nSPS) is 12.7. The smallest absolute Gasteiger partial charge is 0.203 e. The van der Waals surface area contributed by atoms with Crippen molar-refractivity contribution >= 4 is 11.5 Å². The van der Waals surface area contributed by atoms with Gasteiger partial charge in [0.05, 0.1) is 6.54 Å². The van der Waals surface area contributed by atoms with E-state index in [9.17, 15) is 0 Å². The predicted molar refractivity (Wildman–Crippen MR) is 66.1 cm³/mol. The van der Waals surface area contributed by atoms with Crippen LogP contribution in [0.1, 0.15) is 6.92 Å². The first-order valence-corrected chi connectivity index (χ1v) is 5.71. The first kappa shape index (κ1) is 10.7. The summed E-state index contributed by atoms with van der Waals surface area (Å²) in [7, 11) is 0. The van der Waals surface area contributed by atoms with Gasteiger partial charge in [-0.15, -0.1) is 10.2 Å². The van der Waals surface area contributed by atoms with Crippen LogP contribution in [0.15, 0.2) is 37.2 Å². The van der Waals surface area contributed by atoms with E-state index in [0.29, 0.717) is 0 Å². The van der Waals surface area contributed by atoms with E-state index in [2.05, 4.69) is 32.5 Å². The molecule has 0 aliphatic rings. The molecule has 0 spiro atoms. The molecule has 3 rings (SSSR count). The highest BCUT2D eigenvalue weighted by Gasteiger charge is 2.08. The van der Waals surface area contributed by atoms with E-state index in [4.69, 9.17) is 0 Å². The standard InChI is InChI=1S/C11H13N7/c1-9(7-18-5-2-3-14-18)15-10-11-16-13-8-17(11)6-4-12-10/h2-6,8-9H,7H2,1H3,(H,12,15). The maximum absolute atomic E-state index is 4.28. The van der Waals surface area contributed by atoms with Crippen molar-refractivity contribution in [1.29, 1.82) is 0 Å². The highest BCUT2D eigenvalue weighted by atomic mass is 15.3. The van der Waals surface area contributed by atoms with Gasteiger partial charge in [-0.1, -0.05) is 0 Å². The van der Waals surface area contributed by atoms with Crippen LogP contribution >= 0.6 is 0 Å². The number of hydrogen-bond acceptors (Lipinski definition) is 5. The third kappa shape index (κ3) is 2.02. The van der Waals surface area contributed by atoms with Gasteiger partial charge in [-0.2, -0.15) is 5.10 Å². The van der Waals surface area contributed by atoms with Crippen LogP contribution in [0.25, 0.3) is 5.65 Å². The molecular formula is C11H13N7. The summed E-state index contributed by atoms with van der Waals surface area (Å²) in [4.78, 5) is 4.28. The van der Waals surface area contributed by atoms with Crippen molar-refractivity contribution in [2.45, 2.75) is 19.5 Å². The minimum atomic E-state index is 0.195. The number of nitrogens with one attached hydrogen (secondary N) is 1. The van der Waals surface area contributed by atoms with Gasteiger partial charge in [0.25, 0.3) is 0 Å². The fraction of sp³-hybridized carbons (Fsp3) is 0.273. The van der Waals surface area contributed by atoms with E-state index >= 15 is 0 Å². The van der Waals surface area contributed by atoms with Crippen LogP contribution in [0.5, 0.6) is 0 Å². The Bertz CT molecular complexity index is 628. The van der Waals surface area contributed by atoms with E-state index < -0.39 is 0 Å². The maximum Gasteiger partial charge on any atom is 0.203 e. The number of hydrogen-bond donors (Lipinski definition) is 1. The molecule has 1 unspecified atom stereocenters. The van der Waals surface area contributed by atoms with Gasteiger partial charge in [0.2, 0.25) is 5.65 Å². The number of anilines is 1. The highest BCUT2D eigenvalue weighted by molar-refractivity contribution is 5.61. The van der Waals surface area contributed by atoms with Crippen molar-refractivity contribution in [2.24, 2.45) is 0 Å². The molecular weight excluding hydrogens is 230 g/mol. The summed E-state index contributed by atoms with van der Waals surface area (Å²) in [5.74, 6) is 0.731. The van der Waals surface area contributed by atoms with Gasteiger partial charge in [0.1, 0.15) is 6.33 Å². The monoisotopic (exact) mass is 243 g/mol. The van der Waals surface area contributed by atoms with Gasteiger partial charge in [-0.05, 0) is 13.0 Å². The molecule has 92 valence electrons. The van der Waals surface area contributed by atoms with Gasteiger partial charge in [-0.3, -0.25) is 9.08 Å². The first-order chi connectivity index (χ1) is 8.83. The van der Waals surface area contributed by atoms with Gasteiger partial charge in [0.15, 0.2) is 5.82 Å². The van der Waals surface area contributed by atoms with Crippen LogP contribution in [0.2, 0.25) is 0 Å². The SMILES string of the molecule is CC(Cn1cccn1)Nc1nccn2cnnc12. The quantitative estimate of drug-likeness (QED) is 0.734. The largest absolute Gasteiger partial charge is 0.363 e. The van der Waals surface area contributed by atoms with Crippen LogP contribution < -0.4 is 5.32 Å². The number of aromatic nitrogens is 6. The Hall–Kier alpha value is -2.44. The third-order valence-electron chi connectivity index (χ3n) is 2.62. The van der Waals surface area contributed by atoms with Crippen LogP contribution in [-0.2, 0) is 6.54 Å². The fourth-order valence-electron chi connectivity index (χ4n) is 1.83. The molecule has 0 aliphatic carbocycles. The van der Waals surface area contributed by atoms with Crippen LogP contribution in [0.4, 0.5) is 5.82 Å². The molecule has 0 aliphatic heterocycles. The van der Waals surface area contributed by atoms with Crippen molar-refractivity contribution in [3.05, 3.63) is 37.2 Å². The van der Waals surface area contributed by atoms with E-state index in [1.165, 1.54) is 0 Å². The molecule has 0 bridgehead atoms. The first-order valence-electron chi connectivity index (χ1n) is 5.71. The summed E-state index contributed by atoms with van der Waals surface area (Å²) in [6.45, 7) is 2.84. The summed E-state index contributed by atoms with van der Waals surface area (Å²) in [5.41, 5.74) is 0.727. The van der Waals surface area contributed by atoms with Crippen molar-refractivity contribution in [2.75, 3.05) is 5.32 Å². The zero-order valence-corrected chi connectivity index (χ0v) is 9.93. The Kier molecular flexibility index (Phi) is 2.64. The van der Waals surface area contributed by atoms with E-state index in [-0.39, 0.29) is 6.04 Å². The molecule has 7 nitrogen and oxygen atoms in total. The Morgan fingerprint density at radius 1 is 1.33 bits per heavy atom. The second-order valence-corrected chi connectivity index (χ2v) is 4.11. The molecule has 0 saturated heterocycles. The molecule has 1 atom stereocenters. The molecule has 3 heterocycles. The second kappa shape index (κ2) is 4.44. The van der Waals surface area contributed by atoms with Crippen molar-refractivity contribution in [3.63, 3.8) is 0 Å². The van der Waals surface area contributed by atoms with Gasteiger partial charge in [0, 0.05) is 30.8 Å². The Morgan fingerprint density at radius 3 is 3.11 bits per heavy atom. The fourth-order valence-corrected chi connectivity index (χ4v) is 1.83. The van der Waals surface area contributed by atoms with Crippen LogP contribution in [-0.4, -0.2) is 35.4 Å². The maximum atomic E-state index is 4.28. The lowest BCUT2D eigenvalue weighted by atomic mass is 10.3.